The molecule has 0 bridgehead atoms. The second kappa shape index (κ2) is 3.00. The molecule has 0 saturated heterocycles. The Kier molecular flexibility index (Phi) is 1.96. The molecular weight excluding hydrogens is 187 g/mol. The van der Waals surface area contributed by atoms with Gasteiger partial charge in [0, 0.05) is 10.3 Å². The molecule has 0 spiro atoms. The highest BCUT2D eigenvalue weighted by atomic mass is 32.1. The first-order valence-electron chi connectivity index (χ1n) is 4.11. The molecule has 0 unspecified atom stereocenters. The quantitative estimate of drug-likeness (QED) is 0.741. The third-order valence-corrected chi connectivity index (χ3v) is 3.10. The van der Waals surface area contributed by atoms with Crippen LogP contribution in [0.1, 0.15) is 12.5 Å². The molecule has 0 amide bonds. The van der Waals surface area contributed by atoms with Crippen LogP contribution in [0.25, 0.3) is 10.1 Å². The summed E-state index contributed by atoms with van der Waals surface area (Å²) in [4.78, 5) is 0. The normalized spacial score (nSPS) is 10.9. The number of halogens is 1. The van der Waals surface area contributed by atoms with E-state index < -0.39 is 5.82 Å². The van der Waals surface area contributed by atoms with E-state index in [0.29, 0.717) is 12.0 Å². The van der Waals surface area contributed by atoms with Crippen molar-refractivity contribution in [1.29, 1.82) is 0 Å². The molecule has 0 fully saturated rings. The molecule has 3 heteroatoms. The smallest absolute Gasteiger partial charge is 0.169 e. The van der Waals surface area contributed by atoms with Crippen molar-refractivity contribution >= 4 is 21.4 Å². The first kappa shape index (κ1) is 8.51. The van der Waals surface area contributed by atoms with Crippen molar-refractivity contribution in [2.24, 2.45) is 0 Å². The van der Waals surface area contributed by atoms with Crippen LogP contribution in [0.5, 0.6) is 5.75 Å². The van der Waals surface area contributed by atoms with Gasteiger partial charge in [0.05, 0.1) is 0 Å². The fraction of sp³-hybridized carbons (Fsp3) is 0.200. The van der Waals surface area contributed by atoms with Gasteiger partial charge in [-0.15, -0.1) is 11.3 Å². The fourth-order valence-corrected chi connectivity index (χ4v) is 2.45. The maximum atomic E-state index is 13.4. The van der Waals surface area contributed by atoms with Crippen molar-refractivity contribution in [2.45, 2.75) is 13.3 Å². The summed E-state index contributed by atoms with van der Waals surface area (Å²) >= 11 is 1.51. The van der Waals surface area contributed by atoms with Gasteiger partial charge in [0.2, 0.25) is 0 Å². The van der Waals surface area contributed by atoms with Crippen molar-refractivity contribution < 1.29 is 9.50 Å². The molecule has 1 nitrogen and oxygen atoms in total. The fourth-order valence-electron chi connectivity index (χ4n) is 1.46. The number of hydrogen-bond acceptors (Lipinski definition) is 2. The zero-order chi connectivity index (χ0) is 9.42. The highest BCUT2D eigenvalue weighted by Crippen LogP contribution is 2.32. The average Bonchev–Trinajstić information content (AvgIpc) is 2.54. The molecule has 0 aliphatic heterocycles. The molecule has 13 heavy (non-hydrogen) atoms. The van der Waals surface area contributed by atoms with Crippen LogP contribution in [0.3, 0.4) is 0 Å². The Balaban J connectivity index is 2.87. The van der Waals surface area contributed by atoms with Crippen LogP contribution >= 0.6 is 11.3 Å². The van der Waals surface area contributed by atoms with Crippen molar-refractivity contribution in [3.8, 4) is 5.75 Å². The van der Waals surface area contributed by atoms with Gasteiger partial charge in [-0.3, -0.25) is 0 Å². The summed E-state index contributed by atoms with van der Waals surface area (Å²) in [7, 11) is 0. The van der Waals surface area contributed by atoms with Gasteiger partial charge in [-0.2, -0.15) is 0 Å². The number of hydrogen-bond donors (Lipinski definition) is 1. The highest BCUT2D eigenvalue weighted by Gasteiger charge is 2.11. The van der Waals surface area contributed by atoms with E-state index in [4.69, 9.17) is 0 Å². The SMILES string of the molecule is CCc1c(F)c(O)cc2ccsc12. The standard InChI is InChI=1S/C10H9FOS/c1-2-7-9(11)8(12)5-6-3-4-13-10(6)7/h3-5,12H,2H2,1H3. The van der Waals surface area contributed by atoms with E-state index in [1.807, 2.05) is 18.4 Å². The van der Waals surface area contributed by atoms with Crippen molar-refractivity contribution in [3.05, 3.63) is 28.9 Å². The largest absolute Gasteiger partial charge is 0.505 e. The molecule has 2 rings (SSSR count). The minimum Gasteiger partial charge on any atom is -0.505 e. The van der Waals surface area contributed by atoms with Crippen LogP contribution in [0.2, 0.25) is 0 Å². The minimum atomic E-state index is -0.475. The van der Waals surface area contributed by atoms with Crippen molar-refractivity contribution in [3.63, 3.8) is 0 Å². The summed E-state index contributed by atoms with van der Waals surface area (Å²) in [5.41, 5.74) is 0.616. The number of phenolic OH excluding ortho intramolecular Hbond substituents is 1. The topological polar surface area (TPSA) is 20.2 Å². The van der Waals surface area contributed by atoms with Crippen molar-refractivity contribution in [1.82, 2.24) is 0 Å². The van der Waals surface area contributed by atoms with Crippen LogP contribution in [0.15, 0.2) is 17.5 Å². The highest BCUT2D eigenvalue weighted by molar-refractivity contribution is 7.17. The molecule has 1 aromatic heterocycles. The van der Waals surface area contributed by atoms with Gasteiger partial charge in [0.1, 0.15) is 0 Å². The summed E-state index contributed by atoms with van der Waals surface area (Å²) in [5.74, 6) is -0.722. The lowest BCUT2D eigenvalue weighted by molar-refractivity contribution is 0.430. The summed E-state index contributed by atoms with van der Waals surface area (Å²) < 4.78 is 14.3. The van der Waals surface area contributed by atoms with Crippen LogP contribution < -0.4 is 0 Å². The predicted molar refractivity (Wildman–Crippen MR) is 52.8 cm³/mol. The van der Waals surface area contributed by atoms with Crippen molar-refractivity contribution in [2.75, 3.05) is 0 Å². The number of fused-ring (bicyclic) bond motifs is 1. The minimum absolute atomic E-state index is 0.247. The lowest BCUT2D eigenvalue weighted by Gasteiger charge is -2.03. The third kappa shape index (κ3) is 1.20. The summed E-state index contributed by atoms with van der Waals surface area (Å²) in [6.07, 6.45) is 0.608. The lowest BCUT2D eigenvalue weighted by Crippen LogP contribution is -1.88. The molecule has 0 aliphatic rings. The van der Waals surface area contributed by atoms with E-state index in [9.17, 15) is 9.50 Å². The molecule has 0 aliphatic carbocycles. The van der Waals surface area contributed by atoms with Crippen LogP contribution in [-0.4, -0.2) is 5.11 Å². The molecule has 1 N–H and O–H groups in total. The first-order valence-corrected chi connectivity index (χ1v) is 4.99. The lowest BCUT2D eigenvalue weighted by atomic mass is 10.1. The first-order chi connectivity index (χ1) is 6.24. The number of rotatable bonds is 1. The Bertz CT molecular complexity index is 447. The Hall–Kier alpha value is -1.09. The van der Waals surface area contributed by atoms with E-state index >= 15 is 0 Å². The van der Waals surface area contributed by atoms with E-state index in [-0.39, 0.29) is 5.75 Å². The number of thiophene rings is 1. The molecular formula is C10H9FOS. The molecule has 2 aromatic rings. The van der Waals surface area contributed by atoms with Gasteiger partial charge < -0.3 is 5.11 Å². The summed E-state index contributed by atoms with van der Waals surface area (Å²) in [6, 6.07) is 3.36. The maximum absolute atomic E-state index is 13.4. The molecule has 0 saturated carbocycles. The number of phenols is 1. The zero-order valence-electron chi connectivity index (χ0n) is 7.17. The number of aromatic hydroxyl groups is 1. The monoisotopic (exact) mass is 196 g/mol. The van der Waals surface area contributed by atoms with Gasteiger partial charge in [-0.05, 0) is 29.3 Å². The Labute approximate surface area is 79.4 Å². The van der Waals surface area contributed by atoms with Gasteiger partial charge in [0.15, 0.2) is 11.6 Å². The molecule has 68 valence electrons. The average molecular weight is 196 g/mol. The Morgan fingerprint density at radius 2 is 2.31 bits per heavy atom. The predicted octanol–water partition coefficient (Wildman–Crippen LogP) is 3.31. The molecule has 0 atom stereocenters. The second-order valence-electron chi connectivity index (χ2n) is 2.88. The van der Waals surface area contributed by atoms with E-state index in [1.54, 1.807) is 0 Å². The van der Waals surface area contributed by atoms with Crippen LogP contribution in [0.4, 0.5) is 4.39 Å². The van der Waals surface area contributed by atoms with E-state index in [0.717, 1.165) is 10.1 Å². The van der Waals surface area contributed by atoms with Crippen LogP contribution in [-0.2, 0) is 6.42 Å². The number of aryl methyl sites for hydroxylation is 1. The molecule has 0 radical (unpaired) electrons. The third-order valence-electron chi connectivity index (χ3n) is 2.11. The summed E-state index contributed by atoms with van der Waals surface area (Å²) in [6.45, 7) is 1.89. The number of benzene rings is 1. The molecule has 1 aromatic carbocycles. The molecule has 1 heterocycles. The van der Waals surface area contributed by atoms with E-state index in [1.165, 1.54) is 17.4 Å². The van der Waals surface area contributed by atoms with E-state index in [2.05, 4.69) is 0 Å². The zero-order valence-corrected chi connectivity index (χ0v) is 7.99. The van der Waals surface area contributed by atoms with Crippen LogP contribution in [0, 0.1) is 5.82 Å². The van der Waals surface area contributed by atoms with Gasteiger partial charge in [0.25, 0.3) is 0 Å². The van der Waals surface area contributed by atoms with Gasteiger partial charge >= 0.3 is 0 Å². The van der Waals surface area contributed by atoms with Gasteiger partial charge in [-0.25, -0.2) is 4.39 Å². The Morgan fingerprint density at radius 1 is 1.54 bits per heavy atom. The maximum Gasteiger partial charge on any atom is 0.169 e. The summed E-state index contributed by atoms with van der Waals surface area (Å²) in [5, 5.41) is 12.1. The Morgan fingerprint density at radius 3 is 3.00 bits per heavy atom. The second-order valence-corrected chi connectivity index (χ2v) is 3.80. The van der Waals surface area contributed by atoms with Gasteiger partial charge in [-0.1, -0.05) is 6.92 Å².